The Bertz CT molecular complexity index is 983. The number of urea groups is 1. The molecule has 1 heterocycles. The monoisotopic (exact) mass is 379 g/mol. The molecule has 0 saturated carbocycles. The van der Waals surface area contributed by atoms with Crippen molar-refractivity contribution in [2.45, 2.75) is 19.5 Å². The molecule has 2 N–H and O–H groups in total. The molecule has 6 heteroatoms. The van der Waals surface area contributed by atoms with Gasteiger partial charge in [0.1, 0.15) is 5.82 Å². The van der Waals surface area contributed by atoms with Crippen molar-refractivity contribution in [3.63, 3.8) is 0 Å². The molecular weight excluding hydrogens is 357 g/mol. The van der Waals surface area contributed by atoms with E-state index in [1.165, 1.54) is 18.2 Å². The normalized spacial score (nSPS) is 10.5. The number of rotatable bonds is 7. The lowest BCUT2D eigenvalue weighted by molar-refractivity contribution is 0.240. The Morgan fingerprint density at radius 1 is 0.893 bits per heavy atom. The average molecular weight is 379 g/mol. The van der Waals surface area contributed by atoms with Crippen molar-refractivity contribution in [3.8, 4) is 0 Å². The molecule has 144 valence electrons. The van der Waals surface area contributed by atoms with Gasteiger partial charge in [-0.3, -0.25) is 4.79 Å². The van der Waals surface area contributed by atoms with Gasteiger partial charge in [0, 0.05) is 25.4 Å². The van der Waals surface area contributed by atoms with Gasteiger partial charge in [-0.05, 0) is 41.3 Å². The molecule has 0 saturated heterocycles. The standard InChI is InChI=1S/C22H22FN3O2/c23-20-5-3-4-17(14-20)11-12-24-22(28)25-15-18-7-9-19(10-8-18)16-26-13-2-1-6-21(26)27/h1-10,13-14H,11-12,15-16H2,(H2,24,25,28). The van der Waals surface area contributed by atoms with Crippen LogP contribution in [0.1, 0.15) is 16.7 Å². The van der Waals surface area contributed by atoms with Crippen LogP contribution in [0.3, 0.4) is 0 Å². The summed E-state index contributed by atoms with van der Waals surface area (Å²) in [6, 6.07) is 18.9. The van der Waals surface area contributed by atoms with Crippen LogP contribution in [0.5, 0.6) is 0 Å². The third-order valence-corrected chi connectivity index (χ3v) is 4.32. The van der Waals surface area contributed by atoms with E-state index in [0.29, 0.717) is 26.1 Å². The van der Waals surface area contributed by atoms with Gasteiger partial charge in [-0.2, -0.15) is 0 Å². The zero-order valence-electron chi connectivity index (χ0n) is 15.4. The fourth-order valence-electron chi connectivity index (χ4n) is 2.81. The molecule has 2 amide bonds. The van der Waals surface area contributed by atoms with Crippen LogP contribution in [0.2, 0.25) is 0 Å². The van der Waals surface area contributed by atoms with Gasteiger partial charge in [0.25, 0.3) is 5.56 Å². The van der Waals surface area contributed by atoms with Crippen LogP contribution in [0.4, 0.5) is 9.18 Å². The number of amides is 2. The number of carbonyl (C=O) groups excluding carboxylic acids is 1. The third-order valence-electron chi connectivity index (χ3n) is 4.32. The van der Waals surface area contributed by atoms with E-state index in [-0.39, 0.29) is 17.4 Å². The maximum atomic E-state index is 13.1. The van der Waals surface area contributed by atoms with E-state index in [2.05, 4.69) is 10.6 Å². The van der Waals surface area contributed by atoms with Crippen LogP contribution in [0.15, 0.2) is 77.7 Å². The number of hydrogen-bond acceptors (Lipinski definition) is 2. The van der Waals surface area contributed by atoms with Crippen molar-refractivity contribution in [2.75, 3.05) is 6.54 Å². The first kappa shape index (κ1) is 19.4. The zero-order valence-corrected chi connectivity index (χ0v) is 15.4. The molecule has 0 atom stereocenters. The first-order valence-corrected chi connectivity index (χ1v) is 9.09. The van der Waals surface area contributed by atoms with Crippen molar-refractivity contribution in [1.29, 1.82) is 0 Å². The minimum Gasteiger partial charge on any atom is -0.338 e. The summed E-state index contributed by atoms with van der Waals surface area (Å²) in [5, 5.41) is 5.56. The number of carbonyl (C=O) groups is 1. The second-order valence-corrected chi connectivity index (χ2v) is 6.47. The van der Waals surface area contributed by atoms with E-state index in [9.17, 15) is 14.0 Å². The van der Waals surface area contributed by atoms with E-state index in [0.717, 1.165) is 16.7 Å². The second kappa shape index (κ2) is 9.50. The third kappa shape index (κ3) is 5.81. The van der Waals surface area contributed by atoms with Gasteiger partial charge in [0.05, 0.1) is 6.54 Å². The van der Waals surface area contributed by atoms with Crippen molar-refractivity contribution >= 4 is 6.03 Å². The maximum absolute atomic E-state index is 13.1. The van der Waals surface area contributed by atoms with Crippen LogP contribution < -0.4 is 16.2 Å². The van der Waals surface area contributed by atoms with Gasteiger partial charge in [0.15, 0.2) is 0 Å². The van der Waals surface area contributed by atoms with Gasteiger partial charge in [-0.25, -0.2) is 9.18 Å². The van der Waals surface area contributed by atoms with E-state index >= 15 is 0 Å². The maximum Gasteiger partial charge on any atom is 0.315 e. The van der Waals surface area contributed by atoms with Gasteiger partial charge in [-0.15, -0.1) is 0 Å². The van der Waals surface area contributed by atoms with Gasteiger partial charge >= 0.3 is 6.03 Å². The molecule has 0 spiro atoms. The summed E-state index contributed by atoms with van der Waals surface area (Å²) in [5.41, 5.74) is 2.78. The van der Waals surface area contributed by atoms with E-state index < -0.39 is 0 Å². The van der Waals surface area contributed by atoms with E-state index in [1.807, 2.05) is 36.4 Å². The van der Waals surface area contributed by atoms with Crippen LogP contribution in [-0.4, -0.2) is 17.1 Å². The molecule has 0 radical (unpaired) electrons. The lowest BCUT2D eigenvalue weighted by atomic mass is 10.1. The van der Waals surface area contributed by atoms with E-state index in [1.54, 1.807) is 22.9 Å². The molecule has 0 aliphatic rings. The molecule has 3 rings (SSSR count). The van der Waals surface area contributed by atoms with Crippen LogP contribution in [0, 0.1) is 5.82 Å². The Hall–Kier alpha value is -3.41. The number of pyridine rings is 1. The summed E-state index contributed by atoms with van der Waals surface area (Å²) < 4.78 is 14.8. The highest BCUT2D eigenvalue weighted by Gasteiger charge is 2.02. The highest BCUT2D eigenvalue weighted by atomic mass is 19.1. The molecule has 0 bridgehead atoms. The fourth-order valence-corrected chi connectivity index (χ4v) is 2.81. The lowest BCUT2D eigenvalue weighted by Crippen LogP contribution is -2.36. The largest absolute Gasteiger partial charge is 0.338 e. The number of halogens is 1. The first-order chi connectivity index (χ1) is 13.6. The highest BCUT2D eigenvalue weighted by Crippen LogP contribution is 2.06. The smallest absolute Gasteiger partial charge is 0.315 e. The number of aromatic nitrogens is 1. The predicted molar refractivity (Wildman–Crippen MR) is 107 cm³/mol. The highest BCUT2D eigenvalue weighted by molar-refractivity contribution is 5.73. The van der Waals surface area contributed by atoms with Crippen LogP contribution in [-0.2, 0) is 19.5 Å². The minimum atomic E-state index is -0.275. The summed E-state index contributed by atoms with van der Waals surface area (Å²) in [7, 11) is 0. The lowest BCUT2D eigenvalue weighted by Gasteiger charge is -2.09. The molecule has 1 aromatic heterocycles. The van der Waals surface area contributed by atoms with Gasteiger partial charge in [0.2, 0.25) is 0 Å². The van der Waals surface area contributed by atoms with E-state index in [4.69, 9.17) is 0 Å². The zero-order chi connectivity index (χ0) is 19.8. The van der Waals surface area contributed by atoms with Crippen molar-refractivity contribution < 1.29 is 9.18 Å². The summed E-state index contributed by atoms with van der Waals surface area (Å²) in [6.45, 7) is 1.34. The van der Waals surface area contributed by atoms with Crippen LogP contribution in [0.25, 0.3) is 0 Å². The Kier molecular flexibility index (Phi) is 6.57. The molecular formula is C22H22FN3O2. The Balaban J connectivity index is 1.42. The number of benzene rings is 2. The molecule has 5 nitrogen and oxygen atoms in total. The number of nitrogens with one attached hydrogen (secondary N) is 2. The number of hydrogen-bond donors (Lipinski definition) is 2. The summed E-state index contributed by atoms with van der Waals surface area (Å²) in [6.07, 6.45) is 2.32. The molecule has 0 aliphatic heterocycles. The molecule has 0 fully saturated rings. The van der Waals surface area contributed by atoms with Crippen molar-refractivity contribution in [1.82, 2.24) is 15.2 Å². The molecule has 2 aromatic carbocycles. The Morgan fingerprint density at radius 3 is 2.43 bits per heavy atom. The van der Waals surface area contributed by atoms with Crippen LogP contribution >= 0.6 is 0 Å². The Labute approximate surface area is 162 Å². The summed E-state index contributed by atoms with van der Waals surface area (Å²) >= 11 is 0. The SMILES string of the molecule is O=C(NCCc1cccc(F)c1)NCc1ccc(Cn2ccccc2=O)cc1. The minimum absolute atomic E-state index is 0.0387. The van der Waals surface area contributed by atoms with Crippen molar-refractivity contribution in [3.05, 3.63) is 106 Å². The predicted octanol–water partition coefficient (Wildman–Crippen LogP) is 3.08. The number of nitrogens with zero attached hydrogens (tertiary/aromatic N) is 1. The van der Waals surface area contributed by atoms with Gasteiger partial charge < -0.3 is 15.2 Å². The fraction of sp³-hybridized carbons (Fsp3) is 0.182. The molecule has 3 aromatic rings. The summed E-state index contributed by atoms with van der Waals surface area (Å²) in [4.78, 5) is 23.6. The quantitative estimate of drug-likeness (QED) is 0.663. The molecule has 0 aliphatic carbocycles. The molecule has 28 heavy (non-hydrogen) atoms. The molecule has 0 unspecified atom stereocenters. The Morgan fingerprint density at radius 2 is 1.68 bits per heavy atom. The van der Waals surface area contributed by atoms with Crippen molar-refractivity contribution in [2.24, 2.45) is 0 Å². The first-order valence-electron chi connectivity index (χ1n) is 9.09. The topological polar surface area (TPSA) is 63.1 Å². The van der Waals surface area contributed by atoms with Gasteiger partial charge in [-0.1, -0.05) is 42.5 Å². The summed E-state index contributed by atoms with van der Waals surface area (Å²) in [5.74, 6) is -0.275. The second-order valence-electron chi connectivity index (χ2n) is 6.47. The average Bonchev–Trinajstić information content (AvgIpc) is 2.69.